The summed E-state index contributed by atoms with van der Waals surface area (Å²) >= 11 is 6.46. The van der Waals surface area contributed by atoms with E-state index in [4.69, 9.17) is 20.8 Å². The van der Waals surface area contributed by atoms with Crippen molar-refractivity contribution < 1.29 is 22.4 Å². The zero-order valence-electron chi connectivity index (χ0n) is 19.9. The first-order valence-electron chi connectivity index (χ1n) is 11.7. The number of sulfonamides is 1. The Labute approximate surface area is 209 Å². The lowest BCUT2D eigenvalue weighted by atomic mass is 9.90. The van der Waals surface area contributed by atoms with Crippen molar-refractivity contribution >= 4 is 38.6 Å². The lowest BCUT2D eigenvalue weighted by molar-refractivity contribution is -0.137. The van der Waals surface area contributed by atoms with Crippen LogP contribution in [0, 0.1) is 12.8 Å². The topological polar surface area (TPSA) is 103 Å². The molecule has 1 aliphatic carbocycles. The summed E-state index contributed by atoms with van der Waals surface area (Å²) in [4.78, 5) is 25.7. The van der Waals surface area contributed by atoms with Crippen molar-refractivity contribution in [3.8, 4) is 5.75 Å². The Kier molecular flexibility index (Phi) is 7.35. The molecule has 0 saturated carbocycles. The smallest absolute Gasteiger partial charge is 0.339 e. The Morgan fingerprint density at radius 3 is 2.46 bits per heavy atom. The maximum Gasteiger partial charge on any atom is 0.339 e. The fourth-order valence-electron chi connectivity index (χ4n) is 4.28. The molecule has 2 atom stereocenters. The molecular formula is C26H28ClNO6S. The highest BCUT2D eigenvalue weighted by Gasteiger charge is 2.32. The fourth-order valence-corrected chi connectivity index (χ4v) is 5.77. The van der Waals surface area contributed by atoms with Gasteiger partial charge in [-0.3, -0.25) is 0 Å². The van der Waals surface area contributed by atoms with Crippen molar-refractivity contribution in [3.05, 3.63) is 68.5 Å². The number of benzene rings is 2. The predicted octanol–water partition coefficient (Wildman–Crippen LogP) is 4.93. The van der Waals surface area contributed by atoms with Crippen molar-refractivity contribution in [2.75, 3.05) is 0 Å². The van der Waals surface area contributed by atoms with E-state index in [0.29, 0.717) is 18.4 Å². The number of esters is 1. The van der Waals surface area contributed by atoms with Gasteiger partial charge in [0, 0.05) is 17.0 Å². The SMILES string of the molecule is CC[C@@H](C)[C@@H](NS(=O)(=O)c1ccc(C)cc1)C(=O)Oc1cc2oc(=O)c3c(c2cc1Cl)CCCC3. The molecule has 1 aromatic heterocycles. The molecule has 0 unspecified atom stereocenters. The highest BCUT2D eigenvalue weighted by molar-refractivity contribution is 7.89. The van der Waals surface area contributed by atoms with Gasteiger partial charge < -0.3 is 9.15 Å². The largest absolute Gasteiger partial charge is 0.424 e. The van der Waals surface area contributed by atoms with Crippen LogP contribution in [0.2, 0.25) is 5.02 Å². The van der Waals surface area contributed by atoms with E-state index in [-0.39, 0.29) is 27.2 Å². The van der Waals surface area contributed by atoms with Crippen LogP contribution in [0.1, 0.15) is 49.8 Å². The number of hydrogen-bond donors (Lipinski definition) is 1. The number of hydrogen-bond acceptors (Lipinski definition) is 6. The van der Waals surface area contributed by atoms with Gasteiger partial charge in [-0.15, -0.1) is 0 Å². The number of nitrogens with one attached hydrogen (secondary N) is 1. The van der Waals surface area contributed by atoms with Crippen molar-refractivity contribution in [2.24, 2.45) is 5.92 Å². The van der Waals surface area contributed by atoms with Crippen LogP contribution in [0.4, 0.5) is 0 Å². The number of halogens is 1. The summed E-state index contributed by atoms with van der Waals surface area (Å²) in [7, 11) is -3.97. The van der Waals surface area contributed by atoms with Crippen LogP contribution in [0.5, 0.6) is 5.75 Å². The van der Waals surface area contributed by atoms with Crippen molar-refractivity contribution in [3.63, 3.8) is 0 Å². The van der Waals surface area contributed by atoms with Crippen LogP contribution < -0.4 is 15.1 Å². The summed E-state index contributed by atoms with van der Waals surface area (Å²) in [6.45, 7) is 5.47. The predicted molar refractivity (Wildman–Crippen MR) is 135 cm³/mol. The third-order valence-corrected chi connectivity index (χ3v) is 8.32. The number of carbonyl (C=O) groups excluding carboxylic acids is 1. The molecule has 1 heterocycles. The molecule has 1 N–H and O–H groups in total. The summed E-state index contributed by atoms with van der Waals surface area (Å²) in [5, 5.41) is 0.902. The summed E-state index contributed by atoms with van der Waals surface area (Å²) in [6.07, 6.45) is 3.85. The maximum atomic E-state index is 13.2. The van der Waals surface area contributed by atoms with E-state index in [9.17, 15) is 18.0 Å². The van der Waals surface area contributed by atoms with Gasteiger partial charge in [0.1, 0.15) is 11.6 Å². The standard InChI is InChI=1S/C26H28ClNO6S/c1-4-16(3)24(28-35(31,32)17-11-9-15(2)10-12-17)26(30)34-23-14-22-20(13-21(23)27)18-7-5-6-8-19(18)25(29)33-22/h9-14,16,24,28H,4-8H2,1-3H3/t16-,24-/m1/s1. The number of ether oxygens (including phenoxy) is 1. The molecule has 4 rings (SSSR count). The van der Waals surface area contributed by atoms with Gasteiger partial charge in [0.15, 0.2) is 5.75 Å². The van der Waals surface area contributed by atoms with E-state index >= 15 is 0 Å². The van der Waals surface area contributed by atoms with Gasteiger partial charge >= 0.3 is 11.6 Å². The minimum atomic E-state index is -3.97. The van der Waals surface area contributed by atoms with Gasteiger partial charge in [-0.2, -0.15) is 4.72 Å². The molecule has 0 amide bonds. The van der Waals surface area contributed by atoms with Crippen molar-refractivity contribution in [2.45, 2.75) is 63.8 Å². The third-order valence-electron chi connectivity index (χ3n) is 6.57. The monoisotopic (exact) mass is 517 g/mol. The lowest BCUT2D eigenvalue weighted by Crippen LogP contribution is -2.46. The van der Waals surface area contributed by atoms with Crippen LogP contribution in [-0.4, -0.2) is 20.4 Å². The minimum absolute atomic E-state index is 0.00548. The van der Waals surface area contributed by atoms with E-state index in [1.54, 1.807) is 25.1 Å². The Bertz CT molecular complexity index is 1430. The number of rotatable bonds is 7. The summed E-state index contributed by atoms with van der Waals surface area (Å²) in [6, 6.07) is 8.27. The molecule has 0 bridgehead atoms. The molecule has 1 aliphatic rings. The fraction of sp³-hybridized carbons (Fsp3) is 0.385. The Balaban J connectivity index is 1.65. The molecule has 0 spiro atoms. The van der Waals surface area contributed by atoms with Crippen LogP contribution in [-0.2, 0) is 27.7 Å². The molecule has 0 saturated heterocycles. The Morgan fingerprint density at radius 1 is 1.14 bits per heavy atom. The van der Waals surface area contributed by atoms with Gasteiger partial charge in [-0.1, -0.05) is 49.6 Å². The molecule has 0 fully saturated rings. The molecule has 3 aromatic rings. The van der Waals surface area contributed by atoms with E-state index in [2.05, 4.69) is 4.72 Å². The second-order valence-corrected chi connectivity index (χ2v) is 11.2. The second kappa shape index (κ2) is 10.1. The molecule has 186 valence electrons. The zero-order chi connectivity index (χ0) is 25.3. The van der Waals surface area contributed by atoms with Gasteiger partial charge in [0.25, 0.3) is 0 Å². The number of aryl methyl sites for hydroxylation is 2. The number of carbonyl (C=O) groups is 1. The Hall–Kier alpha value is -2.68. The van der Waals surface area contributed by atoms with Crippen molar-refractivity contribution in [1.82, 2.24) is 4.72 Å². The van der Waals surface area contributed by atoms with Crippen LogP contribution in [0.15, 0.2) is 50.5 Å². The van der Waals surface area contributed by atoms with E-state index in [1.165, 1.54) is 18.2 Å². The third kappa shape index (κ3) is 5.29. The van der Waals surface area contributed by atoms with Gasteiger partial charge in [0.05, 0.1) is 9.92 Å². The minimum Gasteiger partial charge on any atom is -0.424 e. The van der Waals surface area contributed by atoms with Crippen LogP contribution in [0.25, 0.3) is 11.0 Å². The molecular weight excluding hydrogens is 490 g/mol. The molecule has 0 aliphatic heterocycles. The number of fused-ring (bicyclic) bond motifs is 3. The van der Waals surface area contributed by atoms with Crippen LogP contribution in [0.3, 0.4) is 0 Å². The highest BCUT2D eigenvalue weighted by atomic mass is 35.5. The summed E-state index contributed by atoms with van der Waals surface area (Å²) in [5.41, 5.74) is 2.40. The zero-order valence-corrected chi connectivity index (χ0v) is 21.5. The average Bonchev–Trinajstić information content (AvgIpc) is 2.83. The maximum absolute atomic E-state index is 13.2. The lowest BCUT2D eigenvalue weighted by Gasteiger charge is -2.23. The van der Waals surface area contributed by atoms with Crippen LogP contribution >= 0.6 is 11.6 Å². The summed E-state index contributed by atoms with van der Waals surface area (Å²) < 4.78 is 39.5. The molecule has 9 heteroatoms. The average molecular weight is 518 g/mol. The molecule has 7 nitrogen and oxygen atoms in total. The normalized spacial score (nSPS) is 15.4. The highest BCUT2D eigenvalue weighted by Crippen LogP contribution is 2.34. The second-order valence-electron chi connectivity index (χ2n) is 9.05. The van der Waals surface area contributed by atoms with E-state index in [0.717, 1.165) is 35.8 Å². The van der Waals surface area contributed by atoms with Gasteiger partial charge in [0.2, 0.25) is 10.0 Å². The Morgan fingerprint density at radius 2 is 1.80 bits per heavy atom. The quantitative estimate of drug-likeness (QED) is 0.271. The van der Waals surface area contributed by atoms with Gasteiger partial charge in [-0.05, 0) is 62.3 Å². The first kappa shape index (κ1) is 25.4. The molecule has 35 heavy (non-hydrogen) atoms. The first-order valence-corrected chi connectivity index (χ1v) is 13.6. The van der Waals surface area contributed by atoms with Gasteiger partial charge in [-0.25, -0.2) is 18.0 Å². The van der Waals surface area contributed by atoms with E-state index < -0.39 is 27.7 Å². The molecule has 0 radical (unpaired) electrons. The van der Waals surface area contributed by atoms with E-state index in [1.807, 2.05) is 13.8 Å². The van der Waals surface area contributed by atoms with Crippen molar-refractivity contribution in [1.29, 1.82) is 0 Å². The molecule has 2 aromatic carbocycles. The summed E-state index contributed by atoms with van der Waals surface area (Å²) in [5.74, 6) is -1.14. The first-order chi connectivity index (χ1) is 16.6.